The highest BCUT2D eigenvalue weighted by molar-refractivity contribution is 5.85. The lowest BCUT2D eigenvalue weighted by Crippen LogP contribution is -2.19. The van der Waals surface area contributed by atoms with Gasteiger partial charge >= 0.3 is 0 Å². The van der Waals surface area contributed by atoms with Crippen molar-refractivity contribution in [2.45, 2.75) is 6.04 Å². The van der Waals surface area contributed by atoms with Gasteiger partial charge in [-0.1, -0.05) is 12.1 Å². The minimum absolute atomic E-state index is 0.387. The first kappa shape index (κ1) is 16.0. The third-order valence-corrected chi connectivity index (χ3v) is 3.91. The summed E-state index contributed by atoms with van der Waals surface area (Å²) in [6, 6.07) is 12.9. The molecule has 1 heterocycles. The molecular weight excluding hydrogens is 302 g/mol. The molecule has 6 heteroatoms. The third-order valence-electron chi connectivity index (χ3n) is 3.91. The Morgan fingerprint density at radius 3 is 2.38 bits per heavy atom. The Morgan fingerprint density at radius 2 is 1.75 bits per heavy atom. The number of nitrogens with zero attached hydrogens (tertiary/aromatic N) is 3. The van der Waals surface area contributed by atoms with Crippen molar-refractivity contribution < 1.29 is 4.74 Å². The number of nitrogens with two attached hydrogens (primary N) is 2. The number of hydrogen-bond donors (Lipinski definition) is 2. The van der Waals surface area contributed by atoms with Gasteiger partial charge in [-0.05, 0) is 35.9 Å². The van der Waals surface area contributed by atoms with Gasteiger partial charge in [-0.3, -0.25) is 0 Å². The highest BCUT2D eigenvalue weighted by Crippen LogP contribution is 2.29. The van der Waals surface area contributed by atoms with E-state index in [0.29, 0.717) is 11.6 Å². The van der Waals surface area contributed by atoms with E-state index in [1.54, 1.807) is 7.11 Å². The summed E-state index contributed by atoms with van der Waals surface area (Å²) in [4.78, 5) is 11.1. The van der Waals surface area contributed by atoms with E-state index in [1.807, 2.05) is 61.5 Å². The zero-order valence-electron chi connectivity index (χ0n) is 14.0. The topological polar surface area (TPSA) is 90.3 Å². The fourth-order valence-corrected chi connectivity index (χ4v) is 2.56. The number of rotatable bonds is 4. The Bertz CT molecular complexity index is 861. The second kappa shape index (κ2) is 6.33. The van der Waals surface area contributed by atoms with E-state index in [2.05, 4.69) is 9.97 Å². The first-order chi connectivity index (χ1) is 11.5. The quantitative estimate of drug-likeness (QED) is 0.716. The first-order valence-electron chi connectivity index (χ1n) is 7.63. The zero-order valence-corrected chi connectivity index (χ0v) is 14.0. The predicted molar refractivity (Wildman–Crippen MR) is 97.3 cm³/mol. The number of hydrogen-bond acceptors (Lipinski definition) is 6. The van der Waals surface area contributed by atoms with E-state index < -0.39 is 0 Å². The van der Waals surface area contributed by atoms with Gasteiger partial charge in [0.05, 0.1) is 24.4 Å². The number of aromatic nitrogens is 2. The summed E-state index contributed by atoms with van der Waals surface area (Å²) in [5.74, 6) is 1.41. The van der Waals surface area contributed by atoms with Crippen molar-refractivity contribution in [1.82, 2.24) is 9.97 Å². The molecule has 0 saturated carbocycles. The second-order valence-electron chi connectivity index (χ2n) is 5.83. The number of benzene rings is 2. The first-order valence-corrected chi connectivity index (χ1v) is 7.63. The lowest BCUT2D eigenvalue weighted by Gasteiger charge is -2.18. The van der Waals surface area contributed by atoms with Crippen LogP contribution < -0.4 is 21.1 Å². The maximum Gasteiger partial charge on any atom is 0.225 e. The van der Waals surface area contributed by atoms with E-state index >= 15 is 0 Å². The van der Waals surface area contributed by atoms with Crippen LogP contribution >= 0.6 is 0 Å². The molecule has 0 aliphatic heterocycles. The SMILES string of the molecule is COc1ccc(C(N)c2nc(N(C)C)nc3ccc(N)cc23)cc1. The largest absolute Gasteiger partial charge is 0.497 e. The van der Waals surface area contributed by atoms with Crippen molar-refractivity contribution >= 4 is 22.5 Å². The molecule has 1 aromatic heterocycles. The Labute approximate surface area is 141 Å². The molecule has 24 heavy (non-hydrogen) atoms. The van der Waals surface area contributed by atoms with E-state index in [4.69, 9.17) is 16.2 Å². The van der Waals surface area contributed by atoms with Gasteiger partial charge in [-0.2, -0.15) is 0 Å². The summed E-state index contributed by atoms with van der Waals surface area (Å²) in [6.45, 7) is 0. The maximum atomic E-state index is 6.50. The van der Waals surface area contributed by atoms with Crippen LogP contribution in [0.25, 0.3) is 10.9 Å². The minimum atomic E-state index is -0.387. The van der Waals surface area contributed by atoms with Gasteiger partial charge < -0.3 is 21.1 Å². The molecule has 3 rings (SSSR count). The number of anilines is 2. The molecular formula is C18H21N5O. The lowest BCUT2D eigenvalue weighted by atomic mass is 10.0. The molecule has 0 saturated heterocycles. The lowest BCUT2D eigenvalue weighted by molar-refractivity contribution is 0.414. The van der Waals surface area contributed by atoms with E-state index in [9.17, 15) is 0 Å². The van der Waals surface area contributed by atoms with E-state index in [0.717, 1.165) is 27.9 Å². The monoisotopic (exact) mass is 323 g/mol. The summed E-state index contributed by atoms with van der Waals surface area (Å²) in [6.07, 6.45) is 0. The van der Waals surface area contributed by atoms with Crippen molar-refractivity contribution in [3.05, 3.63) is 53.7 Å². The van der Waals surface area contributed by atoms with Gasteiger partial charge in [0.15, 0.2) is 0 Å². The van der Waals surface area contributed by atoms with Crippen LogP contribution in [0.5, 0.6) is 5.75 Å². The molecule has 3 aromatic rings. The van der Waals surface area contributed by atoms with Crippen molar-refractivity contribution in [1.29, 1.82) is 0 Å². The average Bonchev–Trinajstić information content (AvgIpc) is 2.60. The molecule has 0 fully saturated rings. The average molecular weight is 323 g/mol. The summed E-state index contributed by atoms with van der Waals surface area (Å²) >= 11 is 0. The van der Waals surface area contributed by atoms with E-state index in [-0.39, 0.29) is 6.04 Å². The Hall–Kier alpha value is -2.86. The zero-order chi connectivity index (χ0) is 17.3. The Morgan fingerprint density at radius 1 is 1.04 bits per heavy atom. The molecule has 0 amide bonds. The molecule has 0 radical (unpaired) electrons. The summed E-state index contributed by atoms with van der Waals surface area (Å²) in [7, 11) is 5.45. The molecule has 0 bridgehead atoms. The highest BCUT2D eigenvalue weighted by atomic mass is 16.5. The van der Waals surface area contributed by atoms with Gasteiger partial charge in [0, 0.05) is 25.2 Å². The van der Waals surface area contributed by atoms with Gasteiger partial charge in [0.1, 0.15) is 5.75 Å². The van der Waals surface area contributed by atoms with Crippen molar-refractivity contribution in [3.8, 4) is 5.75 Å². The fourth-order valence-electron chi connectivity index (χ4n) is 2.56. The van der Waals surface area contributed by atoms with Crippen LogP contribution in [0.3, 0.4) is 0 Å². The number of ether oxygens (including phenoxy) is 1. The number of nitrogen functional groups attached to an aromatic ring is 1. The second-order valence-corrected chi connectivity index (χ2v) is 5.83. The number of methoxy groups -OCH3 is 1. The number of fused-ring (bicyclic) bond motifs is 1. The third kappa shape index (κ3) is 2.96. The summed E-state index contributed by atoms with van der Waals surface area (Å²) in [5, 5.41) is 0.865. The smallest absolute Gasteiger partial charge is 0.225 e. The summed E-state index contributed by atoms with van der Waals surface area (Å²) in [5.41, 5.74) is 15.6. The summed E-state index contributed by atoms with van der Waals surface area (Å²) < 4.78 is 5.20. The normalized spacial score (nSPS) is 12.2. The molecule has 1 atom stereocenters. The van der Waals surface area contributed by atoms with E-state index in [1.165, 1.54) is 0 Å². The Balaban J connectivity index is 2.16. The molecule has 2 aromatic carbocycles. The van der Waals surface area contributed by atoms with Crippen LogP contribution in [0, 0.1) is 0 Å². The van der Waals surface area contributed by atoms with Crippen LogP contribution in [0.15, 0.2) is 42.5 Å². The fraction of sp³-hybridized carbons (Fsp3) is 0.222. The van der Waals surface area contributed by atoms with Crippen molar-refractivity contribution in [3.63, 3.8) is 0 Å². The van der Waals surface area contributed by atoms with Crippen LogP contribution in [-0.2, 0) is 0 Å². The molecule has 4 N–H and O–H groups in total. The van der Waals surface area contributed by atoms with Gasteiger partial charge in [0.25, 0.3) is 0 Å². The van der Waals surface area contributed by atoms with Crippen molar-refractivity contribution in [2.24, 2.45) is 5.73 Å². The molecule has 0 aliphatic carbocycles. The van der Waals surface area contributed by atoms with Crippen LogP contribution in [0.4, 0.5) is 11.6 Å². The molecule has 6 nitrogen and oxygen atoms in total. The van der Waals surface area contributed by atoms with Crippen LogP contribution in [-0.4, -0.2) is 31.2 Å². The molecule has 124 valence electrons. The van der Waals surface area contributed by atoms with Gasteiger partial charge in [-0.25, -0.2) is 9.97 Å². The van der Waals surface area contributed by atoms with Crippen LogP contribution in [0.2, 0.25) is 0 Å². The maximum absolute atomic E-state index is 6.50. The van der Waals surface area contributed by atoms with Crippen LogP contribution in [0.1, 0.15) is 17.3 Å². The van der Waals surface area contributed by atoms with Gasteiger partial charge in [0.2, 0.25) is 5.95 Å². The highest BCUT2D eigenvalue weighted by Gasteiger charge is 2.17. The Kier molecular flexibility index (Phi) is 4.22. The molecule has 1 unspecified atom stereocenters. The van der Waals surface area contributed by atoms with Crippen molar-refractivity contribution in [2.75, 3.05) is 31.8 Å². The minimum Gasteiger partial charge on any atom is -0.497 e. The standard InChI is InChI=1S/C18H21N5O/c1-23(2)18-21-15-9-6-12(19)10-14(15)17(22-18)16(20)11-4-7-13(24-3)8-5-11/h4-10,16H,19-20H2,1-3H3. The predicted octanol–water partition coefficient (Wildman–Crippen LogP) is 2.33. The molecule has 0 aliphatic rings. The molecule has 0 spiro atoms. The van der Waals surface area contributed by atoms with Gasteiger partial charge in [-0.15, -0.1) is 0 Å².